The Hall–Kier alpha value is -2.84. The van der Waals surface area contributed by atoms with Crippen LogP contribution in [0.4, 0.5) is 15.9 Å². The summed E-state index contributed by atoms with van der Waals surface area (Å²) in [5.74, 6) is 0.877. The van der Waals surface area contributed by atoms with Crippen LogP contribution in [0.25, 0.3) is 5.52 Å². The summed E-state index contributed by atoms with van der Waals surface area (Å²) in [6.07, 6.45) is 3.44. The molecule has 1 aromatic carbocycles. The Bertz CT molecular complexity index is 1070. The van der Waals surface area contributed by atoms with Crippen LogP contribution in [0.5, 0.6) is 5.75 Å². The van der Waals surface area contributed by atoms with Gasteiger partial charge < -0.3 is 24.5 Å². The lowest BCUT2D eigenvalue weighted by molar-refractivity contribution is 0.0642. The van der Waals surface area contributed by atoms with Crippen LogP contribution < -0.4 is 15.4 Å². The number of amides is 1. The maximum Gasteiger partial charge on any atom is 0.269 e. The second-order valence-corrected chi connectivity index (χ2v) is 7.42. The number of aryl methyl sites for hydroxylation is 1. The molecule has 9 heteroatoms. The van der Waals surface area contributed by atoms with Gasteiger partial charge in [-0.25, -0.2) is 9.37 Å². The zero-order valence-corrected chi connectivity index (χ0v) is 18.3. The predicted molar refractivity (Wildman–Crippen MR) is 119 cm³/mol. The maximum atomic E-state index is 13.7. The van der Waals surface area contributed by atoms with E-state index < -0.39 is 0 Å². The number of methoxy groups -OCH3 is 1. The van der Waals surface area contributed by atoms with Gasteiger partial charge in [0.25, 0.3) is 5.91 Å². The molecule has 2 aromatic heterocycles. The van der Waals surface area contributed by atoms with Crippen molar-refractivity contribution >= 4 is 35.3 Å². The number of rotatable bonds is 6. The molecule has 1 aliphatic heterocycles. The van der Waals surface area contributed by atoms with E-state index in [-0.39, 0.29) is 24.1 Å². The lowest BCUT2D eigenvalue weighted by Crippen LogP contribution is -2.33. The van der Waals surface area contributed by atoms with Gasteiger partial charge in [0, 0.05) is 31.5 Å². The minimum atomic E-state index is -0.384. The minimum absolute atomic E-state index is 0. The summed E-state index contributed by atoms with van der Waals surface area (Å²) < 4.78 is 26.3. The van der Waals surface area contributed by atoms with E-state index in [1.54, 1.807) is 6.07 Å². The molecule has 1 amide bonds. The number of fused-ring (bicyclic) bond motifs is 1. The highest BCUT2D eigenvalue weighted by molar-refractivity contribution is 5.94. The van der Waals surface area contributed by atoms with Crippen LogP contribution >= 0.6 is 12.4 Å². The summed E-state index contributed by atoms with van der Waals surface area (Å²) in [6, 6.07) is 8.03. The van der Waals surface area contributed by atoms with Crippen LogP contribution in [-0.4, -0.2) is 42.2 Å². The molecule has 166 valence electrons. The van der Waals surface area contributed by atoms with Gasteiger partial charge in [-0.1, -0.05) is 0 Å². The normalized spacial score (nSPS) is 14.2. The van der Waals surface area contributed by atoms with Crippen LogP contribution in [0.3, 0.4) is 0 Å². The van der Waals surface area contributed by atoms with Crippen LogP contribution in [-0.2, 0) is 4.74 Å². The summed E-state index contributed by atoms with van der Waals surface area (Å²) in [5.41, 5.74) is 2.54. The van der Waals surface area contributed by atoms with Crippen LogP contribution in [0.15, 0.2) is 36.5 Å². The lowest BCUT2D eigenvalue weighted by atomic mass is 10.0. The van der Waals surface area contributed by atoms with Crippen LogP contribution in [0, 0.1) is 18.7 Å². The van der Waals surface area contributed by atoms with Crippen molar-refractivity contribution in [3.05, 3.63) is 53.7 Å². The zero-order valence-electron chi connectivity index (χ0n) is 17.5. The molecule has 0 atom stereocenters. The van der Waals surface area contributed by atoms with E-state index in [1.165, 1.54) is 25.4 Å². The second kappa shape index (κ2) is 9.98. The molecule has 0 radical (unpaired) electrons. The third-order valence-electron chi connectivity index (χ3n) is 5.41. The minimum Gasteiger partial charge on any atom is -0.495 e. The first-order valence-corrected chi connectivity index (χ1v) is 10.0. The Labute approximate surface area is 186 Å². The van der Waals surface area contributed by atoms with Gasteiger partial charge in [0.2, 0.25) is 0 Å². The first-order chi connectivity index (χ1) is 14.6. The molecular weight excluding hydrogens is 423 g/mol. The van der Waals surface area contributed by atoms with Crippen molar-refractivity contribution in [1.82, 2.24) is 14.7 Å². The number of halogens is 2. The van der Waals surface area contributed by atoms with Crippen molar-refractivity contribution in [3.63, 3.8) is 0 Å². The van der Waals surface area contributed by atoms with Crippen LogP contribution in [0.1, 0.15) is 29.0 Å². The summed E-state index contributed by atoms with van der Waals surface area (Å²) in [4.78, 5) is 17.3. The highest BCUT2D eigenvalue weighted by Gasteiger charge is 2.19. The molecule has 4 rings (SSSR count). The molecule has 31 heavy (non-hydrogen) atoms. The fourth-order valence-corrected chi connectivity index (χ4v) is 3.73. The molecule has 0 bridgehead atoms. The molecule has 0 aliphatic carbocycles. The number of nitrogens with one attached hydrogen (secondary N) is 2. The molecule has 2 N–H and O–H groups in total. The Morgan fingerprint density at radius 1 is 1.29 bits per heavy atom. The monoisotopic (exact) mass is 448 g/mol. The van der Waals surface area contributed by atoms with Crippen molar-refractivity contribution in [2.24, 2.45) is 5.92 Å². The molecule has 1 saturated heterocycles. The molecule has 0 unspecified atom stereocenters. The van der Waals surface area contributed by atoms with Crippen molar-refractivity contribution in [3.8, 4) is 5.75 Å². The summed E-state index contributed by atoms with van der Waals surface area (Å²) in [7, 11) is 1.52. The molecule has 1 fully saturated rings. The molecular formula is C22H26ClFN4O3. The Morgan fingerprint density at radius 2 is 2.06 bits per heavy atom. The van der Waals surface area contributed by atoms with Gasteiger partial charge in [-0.05, 0) is 49.9 Å². The second-order valence-electron chi connectivity index (χ2n) is 7.42. The highest BCUT2D eigenvalue weighted by atomic mass is 35.5. The predicted octanol–water partition coefficient (Wildman–Crippen LogP) is 4.11. The molecule has 3 heterocycles. The quantitative estimate of drug-likeness (QED) is 0.593. The molecule has 0 saturated carbocycles. The molecule has 3 aromatic rings. The van der Waals surface area contributed by atoms with E-state index in [4.69, 9.17) is 9.47 Å². The standard InChI is InChI=1S/C22H25FN4O3.ClH/c1-14-3-5-18-21(26-17-11-16(23)4-6-20(17)29-2)24-13-19(27(14)18)22(28)25-12-15-7-9-30-10-8-15;/h3-6,11,13,15H,7-10,12H2,1-2H3,(H,24,26)(H,25,28);1H. The summed E-state index contributed by atoms with van der Waals surface area (Å²) >= 11 is 0. The van der Waals surface area contributed by atoms with Gasteiger partial charge in [-0.15, -0.1) is 12.4 Å². The molecule has 1 aliphatic rings. The first-order valence-electron chi connectivity index (χ1n) is 10.0. The largest absolute Gasteiger partial charge is 0.495 e. The number of carbonyl (C=O) groups is 1. The molecule has 7 nitrogen and oxygen atoms in total. The lowest BCUT2D eigenvalue weighted by Gasteiger charge is -2.22. The van der Waals surface area contributed by atoms with E-state index in [2.05, 4.69) is 15.6 Å². The van der Waals surface area contributed by atoms with E-state index >= 15 is 0 Å². The van der Waals surface area contributed by atoms with E-state index in [0.29, 0.717) is 35.4 Å². The number of hydrogen-bond acceptors (Lipinski definition) is 5. The average Bonchev–Trinajstić information content (AvgIpc) is 3.15. The van der Waals surface area contributed by atoms with Gasteiger partial charge in [0.15, 0.2) is 5.82 Å². The number of carbonyl (C=O) groups excluding carboxylic acids is 1. The van der Waals surface area contributed by atoms with Crippen molar-refractivity contribution < 1.29 is 18.7 Å². The van der Waals surface area contributed by atoms with Crippen molar-refractivity contribution in [2.75, 3.05) is 32.2 Å². The van der Waals surface area contributed by atoms with Crippen LogP contribution in [0.2, 0.25) is 0 Å². The maximum absolute atomic E-state index is 13.7. The van der Waals surface area contributed by atoms with Crippen molar-refractivity contribution in [2.45, 2.75) is 19.8 Å². The number of anilines is 2. The van der Waals surface area contributed by atoms with Gasteiger partial charge in [0.05, 0.1) is 24.5 Å². The summed E-state index contributed by atoms with van der Waals surface area (Å²) in [6.45, 7) is 4.03. The Morgan fingerprint density at radius 3 is 2.81 bits per heavy atom. The van der Waals surface area contributed by atoms with E-state index in [0.717, 1.165) is 37.3 Å². The smallest absolute Gasteiger partial charge is 0.269 e. The third kappa shape index (κ3) is 4.91. The fourth-order valence-electron chi connectivity index (χ4n) is 3.73. The average molecular weight is 449 g/mol. The molecule has 0 spiro atoms. The number of aromatic nitrogens is 2. The zero-order chi connectivity index (χ0) is 21.1. The first kappa shape index (κ1) is 22.8. The van der Waals surface area contributed by atoms with E-state index in [9.17, 15) is 9.18 Å². The number of ether oxygens (including phenoxy) is 2. The number of benzene rings is 1. The Kier molecular flexibility index (Phi) is 7.35. The van der Waals surface area contributed by atoms with E-state index in [1.807, 2.05) is 23.5 Å². The van der Waals surface area contributed by atoms with Gasteiger partial charge >= 0.3 is 0 Å². The van der Waals surface area contributed by atoms with Crippen molar-refractivity contribution in [1.29, 1.82) is 0 Å². The number of hydrogen-bond donors (Lipinski definition) is 2. The highest BCUT2D eigenvalue weighted by Crippen LogP contribution is 2.30. The SMILES string of the molecule is COc1ccc(F)cc1Nc1ncc(C(=O)NCC2CCOCC2)n2c(C)ccc12.Cl. The Balaban J connectivity index is 0.00000272. The third-order valence-corrected chi connectivity index (χ3v) is 5.41. The summed E-state index contributed by atoms with van der Waals surface area (Å²) in [5, 5.41) is 6.16. The topological polar surface area (TPSA) is 76.9 Å². The fraction of sp³-hybridized carbons (Fsp3) is 0.364. The van der Waals surface area contributed by atoms with Gasteiger partial charge in [0.1, 0.15) is 17.3 Å². The number of nitrogens with zero attached hydrogens (tertiary/aromatic N) is 2. The van der Waals surface area contributed by atoms with Gasteiger partial charge in [-0.2, -0.15) is 0 Å². The van der Waals surface area contributed by atoms with Gasteiger partial charge in [-0.3, -0.25) is 4.79 Å².